The summed E-state index contributed by atoms with van der Waals surface area (Å²) in [5.41, 5.74) is 0. The van der Waals surface area contributed by atoms with Crippen molar-refractivity contribution in [3.63, 3.8) is 0 Å². The Kier molecular flexibility index (Phi) is 47.5. The highest BCUT2D eigenvalue weighted by molar-refractivity contribution is 5.77. The van der Waals surface area contributed by atoms with Crippen molar-refractivity contribution in [3.05, 3.63) is 12.2 Å². The van der Waals surface area contributed by atoms with Crippen LogP contribution in [0.2, 0.25) is 0 Å². The molecule has 3 N–H and O–H groups in total. The van der Waals surface area contributed by atoms with Crippen LogP contribution in [0.25, 0.3) is 0 Å². The average molecular weight is 848 g/mol. The molecule has 1 amide bonds. The van der Waals surface area contributed by atoms with Crippen LogP contribution in [0, 0.1) is 0 Å². The van der Waals surface area contributed by atoms with E-state index < -0.39 is 18.2 Å². The zero-order valence-corrected chi connectivity index (χ0v) is 40.6. The van der Waals surface area contributed by atoms with Gasteiger partial charge in [0.2, 0.25) is 5.91 Å². The molecule has 0 rings (SSSR count). The molecule has 6 nitrogen and oxygen atoms in total. The number of nitrogens with one attached hydrogen (secondary N) is 1. The molecule has 3 atom stereocenters. The van der Waals surface area contributed by atoms with Gasteiger partial charge in [-0.25, -0.2) is 0 Å². The van der Waals surface area contributed by atoms with E-state index in [1.165, 1.54) is 186 Å². The van der Waals surface area contributed by atoms with Gasteiger partial charge >= 0.3 is 5.97 Å². The Morgan fingerprint density at radius 2 is 0.800 bits per heavy atom. The summed E-state index contributed by atoms with van der Waals surface area (Å²) in [4.78, 5) is 26.1. The van der Waals surface area contributed by atoms with Crippen LogP contribution in [0.15, 0.2) is 12.2 Å². The van der Waals surface area contributed by atoms with Gasteiger partial charge in [0.1, 0.15) is 6.10 Å². The second-order valence-corrected chi connectivity index (χ2v) is 18.6. The Morgan fingerprint density at radius 1 is 0.467 bits per heavy atom. The highest BCUT2D eigenvalue weighted by atomic mass is 16.5. The Hall–Kier alpha value is -1.40. The predicted octanol–water partition coefficient (Wildman–Crippen LogP) is 16.1. The van der Waals surface area contributed by atoms with Crippen LogP contribution in [0.5, 0.6) is 0 Å². The third-order valence-corrected chi connectivity index (χ3v) is 12.6. The van der Waals surface area contributed by atoms with Gasteiger partial charge in [-0.2, -0.15) is 0 Å². The molecule has 0 saturated heterocycles. The van der Waals surface area contributed by atoms with Gasteiger partial charge in [-0.05, 0) is 51.4 Å². The van der Waals surface area contributed by atoms with E-state index >= 15 is 0 Å². The number of aliphatic hydroxyl groups is 2. The molecule has 3 unspecified atom stereocenters. The average Bonchev–Trinajstić information content (AvgIpc) is 3.24. The molecule has 0 bridgehead atoms. The lowest BCUT2D eigenvalue weighted by atomic mass is 10.0. The van der Waals surface area contributed by atoms with Crippen molar-refractivity contribution >= 4 is 11.9 Å². The quantitative estimate of drug-likeness (QED) is 0.0322. The zero-order valence-electron chi connectivity index (χ0n) is 40.6. The Balaban J connectivity index is 4.41. The first-order valence-corrected chi connectivity index (χ1v) is 26.9. The minimum absolute atomic E-state index is 0.0736. The van der Waals surface area contributed by atoms with Crippen molar-refractivity contribution < 1.29 is 24.5 Å². The number of ether oxygens (including phenoxy) is 1. The molecule has 0 heterocycles. The fraction of sp³-hybridized carbons (Fsp3) is 0.926. The maximum Gasteiger partial charge on any atom is 0.306 e. The lowest BCUT2D eigenvalue weighted by Gasteiger charge is -2.24. The standard InChI is InChI=1S/C54H105NO5/c1-4-7-10-13-16-19-22-24-26-27-28-29-31-34-37-40-43-46-52(57)51(49-56)55-53(58)48-50(45-42-39-36-33-21-18-15-12-9-6-3)60-54(59)47-44-41-38-35-32-30-25-23-20-17-14-11-8-5-2/h18,21,50-52,56-57H,4-17,19-20,22-49H2,1-3H3,(H,55,58)/b21-18-. The van der Waals surface area contributed by atoms with Gasteiger partial charge < -0.3 is 20.3 Å². The van der Waals surface area contributed by atoms with E-state index in [9.17, 15) is 19.8 Å². The Labute approximate surface area is 374 Å². The molecule has 0 aromatic heterocycles. The number of aliphatic hydroxyl groups excluding tert-OH is 2. The monoisotopic (exact) mass is 848 g/mol. The first-order valence-electron chi connectivity index (χ1n) is 26.9. The van der Waals surface area contributed by atoms with E-state index in [0.29, 0.717) is 19.3 Å². The van der Waals surface area contributed by atoms with Crippen molar-refractivity contribution in [1.29, 1.82) is 0 Å². The fourth-order valence-electron chi connectivity index (χ4n) is 8.49. The fourth-order valence-corrected chi connectivity index (χ4v) is 8.49. The molecule has 0 aromatic carbocycles. The normalized spacial score (nSPS) is 13.2. The van der Waals surface area contributed by atoms with Crippen molar-refractivity contribution in [2.24, 2.45) is 0 Å². The predicted molar refractivity (Wildman–Crippen MR) is 260 cm³/mol. The van der Waals surface area contributed by atoms with Crippen LogP contribution in [0.1, 0.15) is 297 Å². The summed E-state index contributed by atoms with van der Waals surface area (Å²) in [7, 11) is 0. The van der Waals surface area contributed by atoms with Crippen molar-refractivity contribution in [2.75, 3.05) is 6.61 Å². The molecule has 0 radical (unpaired) electrons. The number of allylic oxidation sites excluding steroid dienone is 2. The van der Waals surface area contributed by atoms with Gasteiger partial charge in [-0.1, -0.05) is 245 Å². The van der Waals surface area contributed by atoms with Gasteiger partial charge in [0.15, 0.2) is 0 Å². The van der Waals surface area contributed by atoms with Gasteiger partial charge in [0.25, 0.3) is 0 Å². The summed E-state index contributed by atoms with van der Waals surface area (Å²) in [5, 5.41) is 23.8. The maximum atomic E-state index is 13.2. The molecular formula is C54H105NO5. The Morgan fingerprint density at radius 3 is 1.22 bits per heavy atom. The van der Waals surface area contributed by atoms with E-state index in [1.54, 1.807) is 0 Å². The van der Waals surface area contributed by atoms with Crippen molar-refractivity contribution in [1.82, 2.24) is 5.32 Å². The van der Waals surface area contributed by atoms with Crippen LogP contribution in [-0.4, -0.2) is 46.9 Å². The smallest absolute Gasteiger partial charge is 0.306 e. The van der Waals surface area contributed by atoms with Crippen LogP contribution in [0.3, 0.4) is 0 Å². The first kappa shape index (κ1) is 58.6. The molecule has 6 heteroatoms. The second-order valence-electron chi connectivity index (χ2n) is 18.6. The molecule has 0 saturated carbocycles. The van der Waals surface area contributed by atoms with Gasteiger partial charge in [0.05, 0.1) is 25.2 Å². The van der Waals surface area contributed by atoms with Crippen molar-refractivity contribution in [3.8, 4) is 0 Å². The number of carbonyl (C=O) groups is 2. The number of hydrogen-bond donors (Lipinski definition) is 3. The van der Waals surface area contributed by atoms with Crippen LogP contribution >= 0.6 is 0 Å². The van der Waals surface area contributed by atoms with E-state index in [0.717, 1.165) is 64.2 Å². The number of hydrogen-bond acceptors (Lipinski definition) is 5. The van der Waals surface area contributed by atoms with Gasteiger partial charge in [0, 0.05) is 6.42 Å². The first-order chi connectivity index (χ1) is 29.5. The topological polar surface area (TPSA) is 95.9 Å². The zero-order chi connectivity index (χ0) is 43.8. The highest BCUT2D eigenvalue weighted by Crippen LogP contribution is 2.18. The number of rotatable bonds is 49. The molecule has 356 valence electrons. The van der Waals surface area contributed by atoms with E-state index in [4.69, 9.17) is 4.74 Å². The van der Waals surface area contributed by atoms with Gasteiger partial charge in [-0.15, -0.1) is 0 Å². The van der Waals surface area contributed by atoms with E-state index in [1.807, 2.05) is 0 Å². The largest absolute Gasteiger partial charge is 0.462 e. The molecule has 0 aliphatic heterocycles. The molecule has 0 fully saturated rings. The summed E-state index contributed by atoms with van der Waals surface area (Å²) in [6.07, 6.45) is 54.2. The summed E-state index contributed by atoms with van der Waals surface area (Å²) in [6, 6.07) is -0.699. The van der Waals surface area contributed by atoms with Gasteiger partial charge in [-0.3, -0.25) is 9.59 Å². The Bertz CT molecular complexity index is 909. The van der Waals surface area contributed by atoms with E-state index in [2.05, 4.69) is 38.2 Å². The maximum absolute atomic E-state index is 13.2. The number of esters is 1. The highest BCUT2D eigenvalue weighted by Gasteiger charge is 2.24. The lowest BCUT2D eigenvalue weighted by Crippen LogP contribution is -2.46. The van der Waals surface area contributed by atoms with Crippen LogP contribution in [-0.2, 0) is 14.3 Å². The molecule has 60 heavy (non-hydrogen) atoms. The number of unbranched alkanes of at least 4 members (excludes halogenated alkanes) is 35. The SMILES string of the molecule is CCCCC/C=C\CCCCCC(CC(=O)NC(CO)C(O)CCCCCCCCCCCCCCCCCCC)OC(=O)CCCCCCCCCCCCCCCC. The number of amides is 1. The summed E-state index contributed by atoms with van der Waals surface area (Å²) in [6.45, 7) is 6.48. The van der Waals surface area contributed by atoms with E-state index in [-0.39, 0.29) is 24.9 Å². The van der Waals surface area contributed by atoms with Crippen LogP contribution < -0.4 is 5.32 Å². The summed E-state index contributed by atoms with van der Waals surface area (Å²) in [5.74, 6) is -0.473. The lowest BCUT2D eigenvalue weighted by molar-refractivity contribution is -0.151. The molecule has 0 aliphatic carbocycles. The number of carbonyl (C=O) groups excluding carboxylic acids is 2. The van der Waals surface area contributed by atoms with Crippen LogP contribution in [0.4, 0.5) is 0 Å². The second kappa shape index (κ2) is 48.6. The third-order valence-electron chi connectivity index (χ3n) is 12.6. The molecule has 0 aromatic rings. The molecular weight excluding hydrogens is 743 g/mol. The minimum Gasteiger partial charge on any atom is -0.462 e. The van der Waals surface area contributed by atoms with Crippen molar-refractivity contribution in [2.45, 2.75) is 315 Å². The molecule has 0 aliphatic rings. The molecule has 0 spiro atoms. The summed E-state index contributed by atoms with van der Waals surface area (Å²) < 4.78 is 5.92. The third kappa shape index (κ3) is 43.3. The summed E-state index contributed by atoms with van der Waals surface area (Å²) >= 11 is 0. The minimum atomic E-state index is -0.786.